The fourth-order valence-corrected chi connectivity index (χ4v) is 3.02. The molecule has 0 aliphatic rings. The minimum Gasteiger partial charge on any atom is -0.364 e. The van der Waals surface area contributed by atoms with Crippen LogP contribution in [-0.4, -0.2) is 30.4 Å². The van der Waals surface area contributed by atoms with Crippen molar-refractivity contribution in [2.45, 2.75) is 4.90 Å². The van der Waals surface area contributed by atoms with Gasteiger partial charge in [0.05, 0.1) is 16.3 Å². The van der Waals surface area contributed by atoms with Crippen LogP contribution < -0.4 is 5.73 Å². The maximum atomic E-state index is 13.5. The van der Waals surface area contributed by atoms with Gasteiger partial charge >= 0.3 is 0 Å². The van der Waals surface area contributed by atoms with Gasteiger partial charge in [-0.2, -0.15) is 5.10 Å². The number of carbonyl (C=O) groups excluding carboxylic acids is 1. The number of carbonyl (C=O) groups is 1. The molecule has 25 heavy (non-hydrogen) atoms. The lowest BCUT2D eigenvalue weighted by atomic mass is 10.1. The zero-order valence-corrected chi connectivity index (χ0v) is 14.0. The van der Waals surface area contributed by atoms with Gasteiger partial charge in [-0.25, -0.2) is 17.5 Å². The predicted octanol–water partition coefficient (Wildman–Crippen LogP) is 2.18. The van der Waals surface area contributed by atoms with Crippen LogP contribution in [-0.2, 0) is 9.84 Å². The molecule has 2 aromatic carbocycles. The van der Waals surface area contributed by atoms with E-state index in [1.54, 1.807) is 18.2 Å². The van der Waals surface area contributed by atoms with Crippen LogP contribution in [0.25, 0.3) is 16.9 Å². The largest absolute Gasteiger partial charge is 0.364 e. The van der Waals surface area contributed by atoms with Crippen LogP contribution in [0.1, 0.15) is 10.5 Å². The van der Waals surface area contributed by atoms with Crippen molar-refractivity contribution in [1.82, 2.24) is 9.78 Å². The molecule has 0 atom stereocenters. The van der Waals surface area contributed by atoms with Crippen LogP contribution >= 0.6 is 0 Å². The molecule has 0 saturated carbocycles. The van der Waals surface area contributed by atoms with Crippen molar-refractivity contribution >= 4 is 15.7 Å². The van der Waals surface area contributed by atoms with Gasteiger partial charge in [-0.15, -0.1) is 0 Å². The molecule has 8 heteroatoms. The molecule has 0 bridgehead atoms. The van der Waals surface area contributed by atoms with Crippen LogP contribution in [0.4, 0.5) is 4.39 Å². The smallest absolute Gasteiger partial charge is 0.269 e. The molecule has 3 rings (SSSR count). The fraction of sp³-hybridized carbons (Fsp3) is 0.0588. The van der Waals surface area contributed by atoms with Gasteiger partial charge in [0.25, 0.3) is 5.91 Å². The Hall–Kier alpha value is -3.00. The Balaban J connectivity index is 2.16. The van der Waals surface area contributed by atoms with E-state index in [1.807, 2.05) is 0 Å². The molecular formula is C17H14FN3O3S. The summed E-state index contributed by atoms with van der Waals surface area (Å²) in [5.41, 5.74) is 6.82. The lowest BCUT2D eigenvalue weighted by Crippen LogP contribution is -2.12. The van der Waals surface area contributed by atoms with Crippen molar-refractivity contribution in [3.8, 4) is 16.9 Å². The fourth-order valence-electron chi connectivity index (χ4n) is 2.38. The highest BCUT2D eigenvalue weighted by atomic mass is 32.2. The van der Waals surface area contributed by atoms with Gasteiger partial charge in [0.15, 0.2) is 15.5 Å². The summed E-state index contributed by atoms with van der Waals surface area (Å²) in [5, 5.41) is 4.13. The second kappa shape index (κ2) is 6.14. The highest BCUT2D eigenvalue weighted by Crippen LogP contribution is 2.25. The Kier molecular flexibility index (Phi) is 4.13. The van der Waals surface area contributed by atoms with Crippen molar-refractivity contribution in [1.29, 1.82) is 0 Å². The number of hydrogen-bond donors (Lipinski definition) is 1. The maximum Gasteiger partial charge on any atom is 0.269 e. The monoisotopic (exact) mass is 359 g/mol. The molecule has 0 aliphatic heterocycles. The predicted molar refractivity (Wildman–Crippen MR) is 90.6 cm³/mol. The van der Waals surface area contributed by atoms with E-state index in [-0.39, 0.29) is 10.6 Å². The Morgan fingerprint density at radius 1 is 1.12 bits per heavy atom. The van der Waals surface area contributed by atoms with Gasteiger partial charge < -0.3 is 5.73 Å². The van der Waals surface area contributed by atoms with Crippen LogP contribution in [0, 0.1) is 5.82 Å². The summed E-state index contributed by atoms with van der Waals surface area (Å²) in [6.07, 6.45) is 1.12. The third-order valence-electron chi connectivity index (χ3n) is 3.59. The first-order valence-electron chi connectivity index (χ1n) is 7.22. The van der Waals surface area contributed by atoms with Gasteiger partial charge in [-0.3, -0.25) is 4.79 Å². The van der Waals surface area contributed by atoms with Gasteiger partial charge in [0, 0.05) is 11.8 Å². The average molecular weight is 359 g/mol. The molecule has 3 aromatic rings. The minimum atomic E-state index is -3.32. The topological polar surface area (TPSA) is 95.0 Å². The highest BCUT2D eigenvalue weighted by molar-refractivity contribution is 7.90. The van der Waals surface area contributed by atoms with Crippen molar-refractivity contribution in [3.05, 3.63) is 66.1 Å². The Morgan fingerprint density at radius 3 is 2.36 bits per heavy atom. The zero-order valence-electron chi connectivity index (χ0n) is 13.2. The van der Waals surface area contributed by atoms with E-state index >= 15 is 0 Å². The van der Waals surface area contributed by atoms with E-state index in [0.717, 1.165) is 6.26 Å². The maximum absolute atomic E-state index is 13.5. The van der Waals surface area contributed by atoms with Crippen molar-refractivity contribution < 1.29 is 17.6 Å². The summed E-state index contributed by atoms with van der Waals surface area (Å²) in [7, 11) is -3.32. The van der Waals surface area contributed by atoms with Gasteiger partial charge in [-0.1, -0.05) is 18.2 Å². The SMILES string of the molecule is CS(=O)(=O)c1ccc(-c2cc(C(N)=O)nn2-c2cccc(F)c2)cc1. The number of aromatic nitrogens is 2. The highest BCUT2D eigenvalue weighted by Gasteiger charge is 2.16. The first kappa shape index (κ1) is 16.8. The summed E-state index contributed by atoms with van der Waals surface area (Å²) in [4.78, 5) is 11.6. The summed E-state index contributed by atoms with van der Waals surface area (Å²) in [5.74, 6) is -1.17. The number of halogens is 1. The third kappa shape index (κ3) is 3.43. The Labute approximate surface area is 143 Å². The third-order valence-corrected chi connectivity index (χ3v) is 4.72. The van der Waals surface area contributed by atoms with Gasteiger partial charge in [-0.05, 0) is 36.4 Å². The average Bonchev–Trinajstić information content (AvgIpc) is 3.00. The van der Waals surface area contributed by atoms with Crippen molar-refractivity contribution in [2.24, 2.45) is 5.73 Å². The van der Waals surface area contributed by atoms with E-state index in [1.165, 1.54) is 41.1 Å². The summed E-state index contributed by atoms with van der Waals surface area (Å²) >= 11 is 0. The molecule has 2 N–H and O–H groups in total. The van der Waals surface area contributed by atoms with Crippen molar-refractivity contribution in [2.75, 3.05) is 6.26 Å². The van der Waals surface area contributed by atoms with Gasteiger partial charge in [0.1, 0.15) is 5.82 Å². The molecule has 0 unspecified atom stereocenters. The molecule has 0 radical (unpaired) electrons. The Bertz CT molecular complexity index is 1060. The number of rotatable bonds is 4. The second-order valence-electron chi connectivity index (χ2n) is 5.47. The normalized spacial score (nSPS) is 11.4. The van der Waals surface area contributed by atoms with Crippen LogP contribution in [0.15, 0.2) is 59.5 Å². The number of sulfone groups is 1. The van der Waals surface area contributed by atoms with Crippen LogP contribution in [0.2, 0.25) is 0 Å². The summed E-state index contributed by atoms with van der Waals surface area (Å²) < 4.78 is 38.1. The molecule has 128 valence electrons. The first-order valence-corrected chi connectivity index (χ1v) is 9.11. The molecule has 0 aliphatic carbocycles. The number of nitrogens with zero attached hydrogens (tertiary/aromatic N) is 2. The molecule has 1 amide bonds. The van der Waals surface area contributed by atoms with E-state index in [2.05, 4.69) is 5.10 Å². The first-order chi connectivity index (χ1) is 11.8. The lowest BCUT2D eigenvalue weighted by molar-refractivity contribution is 0.0995. The lowest BCUT2D eigenvalue weighted by Gasteiger charge is -2.08. The molecule has 0 spiro atoms. The molecule has 0 fully saturated rings. The van der Waals surface area contributed by atoms with Gasteiger partial charge in [0.2, 0.25) is 0 Å². The standard InChI is InChI=1S/C17H14FN3O3S/c1-25(23,24)14-7-5-11(6-8-14)16-10-15(17(19)22)20-21(16)13-4-2-3-12(18)9-13/h2-10H,1H3,(H2,19,22). The number of primary amides is 1. The quantitative estimate of drug-likeness (QED) is 0.772. The summed E-state index contributed by atoms with van der Waals surface area (Å²) in [6.45, 7) is 0. The van der Waals surface area contributed by atoms with E-state index < -0.39 is 21.6 Å². The number of nitrogens with two attached hydrogens (primary N) is 1. The van der Waals surface area contributed by atoms with E-state index in [4.69, 9.17) is 5.73 Å². The number of benzene rings is 2. The minimum absolute atomic E-state index is 0.0199. The molecule has 1 heterocycles. The molecule has 6 nitrogen and oxygen atoms in total. The zero-order chi connectivity index (χ0) is 18.2. The van der Waals surface area contributed by atoms with Crippen molar-refractivity contribution in [3.63, 3.8) is 0 Å². The van der Waals surface area contributed by atoms with E-state index in [0.29, 0.717) is 16.9 Å². The molecule has 0 saturated heterocycles. The Morgan fingerprint density at radius 2 is 1.80 bits per heavy atom. The number of amides is 1. The number of hydrogen-bond acceptors (Lipinski definition) is 4. The molecular weight excluding hydrogens is 345 g/mol. The van der Waals surface area contributed by atoms with Crippen LogP contribution in [0.3, 0.4) is 0 Å². The molecule has 1 aromatic heterocycles. The summed E-state index contributed by atoms with van der Waals surface area (Å²) in [6, 6.07) is 13.3. The van der Waals surface area contributed by atoms with Crippen LogP contribution in [0.5, 0.6) is 0 Å². The second-order valence-corrected chi connectivity index (χ2v) is 7.48. The van der Waals surface area contributed by atoms with E-state index in [9.17, 15) is 17.6 Å².